The molecule has 1 radical (unpaired) electrons. The molecular formula is H5AlCuMgRu. The van der Waals surface area contributed by atoms with Gasteiger partial charge in [0.15, 0.2) is 17.4 Å². The number of hydrogen-bond acceptors (Lipinski definition) is 0. The normalized spacial score (nSPS) is 0. The standard InChI is InChI=1S/Al.Cu.Mg.Ru.5H. The van der Waals surface area contributed by atoms with Crippen molar-refractivity contribution in [2.75, 3.05) is 0 Å². The van der Waals surface area contributed by atoms with E-state index in [2.05, 4.69) is 0 Å². The summed E-state index contributed by atoms with van der Waals surface area (Å²) >= 11 is 0. The van der Waals surface area contributed by atoms with Crippen molar-refractivity contribution in [2.45, 2.75) is 0 Å². The molecule has 4 heavy (non-hydrogen) atoms. The van der Waals surface area contributed by atoms with E-state index in [4.69, 9.17) is 0 Å². The largest absolute Gasteiger partial charge is 0.316 e. The molecule has 0 heterocycles. The van der Waals surface area contributed by atoms with Crippen LogP contribution in [-0.4, -0.2) is 40.4 Å². The van der Waals surface area contributed by atoms with Crippen molar-refractivity contribution < 1.29 is 36.5 Å². The van der Waals surface area contributed by atoms with Gasteiger partial charge in [0.2, 0.25) is 0 Å². The van der Waals surface area contributed by atoms with Crippen LogP contribution in [-0.2, 0) is 36.5 Å². The molecule has 0 spiro atoms. The van der Waals surface area contributed by atoms with Gasteiger partial charge in [-0.3, -0.25) is 0 Å². The predicted octanol–water partition coefficient (Wildman–Crippen LogP) is -2.11. The molecule has 4 heteroatoms. The van der Waals surface area contributed by atoms with Crippen LogP contribution in [0, 0.1) is 0 Å². The van der Waals surface area contributed by atoms with Crippen molar-refractivity contribution in [3.05, 3.63) is 0 Å². The van der Waals surface area contributed by atoms with E-state index in [1.807, 2.05) is 0 Å². The molecule has 0 atom stereocenters. The van der Waals surface area contributed by atoms with Gasteiger partial charge in [0.1, 0.15) is 0 Å². The van der Waals surface area contributed by atoms with E-state index in [0.717, 1.165) is 0 Å². The van der Waals surface area contributed by atoms with Crippen LogP contribution >= 0.6 is 0 Å². The van der Waals surface area contributed by atoms with Crippen molar-refractivity contribution in [3.8, 4) is 0 Å². The summed E-state index contributed by atoms with van der Waals surface area (Å²) in [6, 6.07) is 0. The fraction of sp³-hybridized carbons (Fsp3) is 0. The zero-order chi connectivity index (χ0) is 0. The maximum absolute atomic E-state index is 0. The molecule has 0 N–H and O–H groups in total. The average Bonchev–Trinajstić information content (AvgIpc) is 0. The van der Waals surface area contributed by atoms with Gasteiger partial charge >= 0.3 is 23.1 Å². The molecular weight excluding hydrogens is 216 g/mol. The second-order valence-corrected chi connectivity index (χ2v) is 0. The van der Waals surface area contributed by atoms with Gasteiger partial charge in [0.05, 0.1) is 0 Å². The Kier molecular flexibility index (Phi) is 144. The fourth-order valence-electron chi connectivity index (χ4n) is 0. The molecule has 0 aliphatic rings. The Bertz CT molecular complexity index is 8.00. The third-order valence-corrected chi connectivity index (χ3v) is 0. The van der Waals surface area contributed by atoms with Gasteiger partial charge in [-0.15, -0.1) is 0 Å². The molecule has 0 aromatic carbocycles. The minimum atomic E-state index is 0. The molecule has 0 aliphatic heterocycles. The van der Waals surface area contributed by atoms with E-state index in [1.54, 1.807) is 0 Å². The summed E-state index contributed by atoms with van der Waals surface area (Å²) in [5.74, 6) is 0. The van der Waals surface area contributed by atoms with E-state index in [9.17, 15) is 0 Å². The van der Waals surface area contributed by atoms with Crippen LogP contribution in [0.15, 0.2) is 0 Å². The third kappa shape index (κ3) is 8.82. The van der Waals surface area contributed by atoms with Crippen LogP contribution in [0.5, 0.6) is 0 Å². The zero-order valence-corrected chi connectivity index (χ0v) is 3.33. The Hall–Kier alpha value is 2.44. The summed E-state index contributed by atoms with van der Waals surface area (Å²) in [6.07, 6.45) is 0. The monoisotopic (exact) mass is 221 g/mol. The second-order valence-electron chi connectivity index (χ2n) is 0. The first-order valence-corrected chi connectivity index (χ1v) is 0. The SMILES string of the molecule is [AlH3].[Cu].[MgH2].[Ru]. The molecule has 29 valence electrons. The Morgan fingerprint density at radius 1 is 1.00 bits per heavy atom. The maximum atomic E-state index is 0. The maximum Gasteiger partial charge on any atom is 0.316 e. The van der Waals surface area contributed by atoms with Crippen LogP contribution < -0.4 is 0 Å². The summed E-state index contributed by atoms with van der Waals surface area (Å²) < 4.78 is 0. The van der Waals surface area contributed by atoms with E-state index in [0.29, 0.717) is 0 Å². The van der Waals surface area contributed by atoms with Crippen molar-refractivity contribution >= 4 is 40.4 Å². The molecule has 0 aromatic heterocycles. The number of hydrogen-bond donors (Lipinski definition) is 0. The molecule has 0 rings (SSSR count). The molecule has 0 nitrogen and oxygen atoms in total. The summed E-state index contributed by atoms with van der Waals surface area (Å²) in [7, 11) is 0. The molecule has 0 unspecified atom stereocenters. The zero-order valence-electron chi connectivity index (χ0n) is 0.655. The van der Waals surface area contributed by atoms with Gasteiger partial charge in [0, 0.05) is 36.5 Å². The smallest absolute Gasteiger partial charge is 0 e. The number of rotatable bonds is 0. The summed E-state index contributed by atoms with van der Waals surface area (Å²) in [4.78, 5) is 0. The summed E-state index contributed by atoms with van der Waals surface area (Å²) in [5.41, 5.74) is 0. The minimum absolute atomic E-state index is 0. The second kappa shape index (κ2) is 18.0. The van der Waals surface area contributed by atoms with Crippen LogP contribution in [0.2, 0.25) is 0 Å². The first-order chi connectivity index (χ1) is 0. The first kappa shape index (κ1) is 32.0. The summed E-state index contributed by atoms with van der Waals surface area (Å²) in [5, 5.41) is 0. The predicted molar refractivity (Wildman–Crippen MR) is 18.5 cm³/mol. The minimum Gasteiger partial charge on any atom is 0 e. The quantitative estimate of drug-likeness (QED) is 0.411. The van der Waals surface area contributed by atoms with Crippen molar-refractivity contribution in [2.24, 2.45) is 0 Å². The van der Waals surface area contributed by atoms with E-state index in [-0.39, 0.29) is 77.0 Å². The van der Waals surface area contributed by atoms with Gasteiger partial charge in [0.25, 0.3) is 0 Å². The molecule has 0 saturated heterocycles. The van der Waals surface area contributed by atoms with E-state index < -0.39 is 0 Å². The van der Waals surface area contributed by atoms with Crippen molar-refractivity contribution in [3.63, 3.8) is 0 Å². The molecule has 0 aromatic rings. The molecule has 0 amide bonds. The van der Waals surface area contributed by atoms with E-state index >= 15 is 0 Å². The Morgan fingerprint density at radius 2 is 1.00 bits per heavy atom. The first-order valence-electron chi connectivity index (χ1n) is 0. The molecule has 0 aliphatic carbocycles. The third-order valence-electron chi connectivity index (χ3n) is 0. The van der Waals surface area contributed by atoms with Crippen molar-refractivity contribution in [1.82, 2.24) is 0 Å². The Labute approximate surface area is 76.0 Å². The van der Waals surface area contributed by atoms with Gasteiger partial charge in [-0.05, 0) is 0 Å². The summed E-state index contributed by atoms with van der Waals surface area (Å²) in [6.45, 7) is 0. The van der Waals surface area contributed by atoms with Crippen LogP contribution in [0.3, 0.4) is 0 Å². The Morgan fingerprint density at radius 3 is 1.00 bits per heavy atom. The Balaban J connectivity index is 0. The van der Waals surface area contributed by atoms with Gasteiger partial charge in [-0.25, -0.2) is 0 Å². The molecule has 0 bridgehead atoms. The van der Waals surface area contributed by atoms with Crippen molar-refractivity contribution in [1.29, 1.82) is 0 Å². The van der Waals surface area contributed by atoms with Gasteiger partial charge in [-0.2, -0.15) is 0 Å². The fourth-order valence-corrected chi connectivity index (χ4v) is 0. The average molecular weight is 221 g/mol. The molecule has 0 fully saturated rings. The van der Waals surface area contributed by atoms with Crippen LogP contribution in [0.1, 0.15) is 0 Å². The van der Waals surface area contributed by atoms with Crippen LogP contribution in [0.25, 0.3) is 0 Å². The van der Waals surface area contributed by atoms with Crippen LogP contribution in [0.4, 0.5) is 0 Å². The topological polar surface area (TPSA) is 0 Å². The van der Waals surface area contributed by atoms with Gasteiger partial charge < -0.3 is 0 Å². The van der Waals surface area contributed by atoms with E-state index in [1.165, 1.54) is 0 Å². The van der Waals surface area contributed by atoms with Gasteiger partial charge in [-0.1, -0.05) is 0 Å². The molecule has 0 saturated carbocycles.